The molecule has 132 valence electrons. The van der Waals surface area contributed by atoms with Crippen LogP contribution in [0.5, 0.6) is 0 Å². The Morgan fingerprint density at radius 3 is 2.77 bits per heavy atom. The van der Waals surface area contributed by atoms with Crippen LogP contribution in [0.2, 0.25) is 0 Å². The van der Waals surface area contributed by atoms with Gasteiger partial charge in [-0.3, -0.25) is 19.5 Å². The Bertz CT molecular complexity index is 1090. The molecule has 0 bridgehead atoms. The summed E-state index contributed by atoms with van der Waals surface area (Å²) in [5.74, 6) is -1.36. The Kier molecular flexibility index (Phi) is 4.44. The third-order valence-electron chi connectivity index (χ3n) is 3.84. The largest absolute Gasteiger partial charge is 0.465 e. The summed E-state index contributed by atoms with van der Waals surface area (Å²) in [5.41, 5.74) is -0.0976. The van der Waals surface area contributed by atoms with E-state index in [1.807, 2.05) is 0 Å². The number of aromatic nitrogens is 2. The first-order chi connectivity index (χ1) is 12.4. The number of esters is 1. The third-order valence-corrected chi connectivity index (χ3v) is 3.84. The fourth-order valence-electron chi connectivity index (χ4n) is 2.54. The van der Waals surface area contributed by atoms with Crippen LogP contribution in [0, 0.1) is 15.9 Å². The quantitative estimate of drug-likeness (QED) is 0.403. The minimum Gasteiger partial charge on any atom is -0.465 e. The highest BCUT2D eigenvalue weighted by atomic mass is 19.1. The number of nitro groups is 1. The number of carbonyl (C=O) groups is 1. The summed E-state index contributed by atoms with van der Waals surface area (Å²) in [7, 11) is 1.17. The van der Waals surface area contributed by atoms with Gasteiger partial charge in [0, 0.05) is 12.1 Å². The van der Waals surface area contributed by atoms with Crippen molar-refractivity contribution < 1.29 is 18.8 Å². The fraction of sp³-hybridized carbons (Fsp3) is 0.118. The van der Waals surface area contributed by atoms with E-state index in [2.05, 4.69) is 9.72 Å². The van der Waals surface area contributed by atoms with Crippen molar-refractivity contribution in [2.45, 2.75) is 6.54 Å². The van der Waals surface area contributed by atoms with Gasteiger partial charge in [-0.1, -0.05) is 6.07 Å². The molecule has 0 aliphatic heterocycles. The molecule has 1 heterocycles. The molecule has 0 N–H and O–H groups in total. The van der Waals surface area contributed by atoms with Gasteiger partial charge in [0.05, 0.1) is 41.4 Å². The molecule has 0 aliphatic rings. The fourth-order valence-corrected chi connectivity index (χ4v) is 2.54. The SMILES string of the molecule is COC(=O)c1cc(F)ccc1Cn1cnc2ccc([N+](=O)[O-])cc2c1=O. The molecule has 0 saturated heterocycles. The lowest BCUT2D eigenvalue weighted by atomic mass is 10.1. The lowest BCUT2D eigenvalue weighted by molar-refractivity contribution is -0.384. The predicted octanol–water partition coefficient (Wildman–Crippen LogP) is 2.28. The van der Waals surface area contributed by atoms with Crippen molar-refractivity contribution >= 4 is 22.6 Å². The highest BCUT2D eigenvalue weighted by molar-refractivity contribution is 5.91. The molecule has 26 heavy (non-hydrogen) atoms. The maximum Gasteiger partial charge on any atom is 0.338 e. The van der Waals surface area contributed by atoms with E-state index in [0.717, 1.165) is 18.2 Å². The zero-order valence-corrected chi connectivity index (χ0v) is 13.5. The number of benzene rings is 2. The van der Waals surface area contributed by atoms with E-state index in [9.17, 15) is 24.1 Å². The van der Waals surface area contributed by atoms with Crippen LogP contribution in [0.4, 0.5) is 10.1 Å². The van der Waals surface area contributed by atoms with E-state index in [0.29, 0.717) is 11.1 Å². The normalized spacial score (nSPS) is 10.7. The average Bonchev–Trinajstić information content (AvgIpc) is 2.64. The molecule has 0 amide bonds. The smallest absolute Gasteiger partial charge is 0.338 e. The van der Waals surface area contributed by atoms with E-state index in [1.165, 1.54) is 36.2 Å². The molecule has 3 aromatic rings. The summed E-state index contributed by atoms with van der Waals surface area (Å²) in [5, 5.41) is 11.0. The number of hydrogen-bond acceptors (Lipinski definition) is 6. The van der Waals surface area contributed by atoms with Crippen molar-refractivity contribution in [2.24, 2.45) is 0 Å². The average molecular weight is 357 g/mol. The minimum atomic E-state index is -0.739. The van der Waals surface area contributed by atoms with Gasteiger partial charge in [0.15, 0.2) is 0 Å². The van der Waals surface area contributed by atoms with Crippen molar-refractivity contribution in [1.29, 1.82) is 0 Å². The molecule has 3 rings (SSSR count). The van der Waals surface area contributed by atoms with Gasteiger partial charge < -0.3 is 4.74 Å². The van der Waals surface area contributed by atoms with Gasteiger partial charge in [-0.15, -0.1) is 0 Å². The van der Waals surface area contributed by atoms with Gasteiger partial charge in [-0.2, -0.15) is 0 Å². The van der Waals surface area contributed by atoms with Crippen LogP contribution in [-0.4, -0.2) is 27.6 Å². The van der Waals surface area contributed by atoms with Crippen LogP contribution in [0.15, 0.2) is 47.5 Å². The summed E-state index contributed by atoms with van der Waals surface area (Å²) >= 11 is 0. The molecular formula is C17H12FN3O5. The maximum atomic E-state index is 13.4. The molecule has 0 saturated carbocycles. The van der Waals surface area contributed by atoms with Gasteiger partial charge in [0.2, 0.25) is 0 Å². The topological polar surface area (TPSA) is 104 Å². The third kappa shape index (κ3) is 3.14. The molecule has 0 fully saturated rings. The highest BCUT2D eigenvalue weighted by Gasteiger charge is 2.15. The molecule has 1 aromatic heterocycles. The van der Waals surface area contributed by atoms with Crippen molar-refractivity contribution in [2.75, 3.05) is 7.11 Å². The summed E-state index contributed by atoms with van der Waals surface area (Å²) in [6.07, 6.45) is 1.26. The maximum absolute atomic E-state index is 13.4. The van der Waals surface area contributed by atoms with Crippen LogP contribution in [0.3, 0.4) is 0 Å². The van der Waals surface area contributed by atoms with E-state index >= 15 is 0 Å². The molecule has 0 radical (unpaired) electrons. The molecule has 0 aliphatic carbocycles. The summed E-state index contributed by atoms with van der Waals surface area (Å²) in [6, 6.07) is 7.34. The molecule has 9 heteroatoms. The number of ether oxygens (including phenoxy) is 1. The van der Waals surface area contributed by atoms with Crippen molar-refractivity contribution in [3.8, 4) is 0 Å². The van der Waals surface area contributed by atoms with Crippen molar-refractivity contribution in [3.05, 3.63) is 80.1 Å². The molecule has 0 unspecified atom stereocenters. The lowest BCUT2D eigenvalue weighted by Crippen LogP contribution is -2.22. The number of nitrogens with zero attached hydrogens (tertiary/aromatic N) is 3. The second-order valence-corrected chi connectivity index (χ2v) is 5.43. The van der Waals surface area contributed by atoms with Crippen LogP contribution in [0.1, 0.15) is 15.9 Å². The standard InChI is InChI=1S/C17H12FN3O5/c1-26-17(23)13-6-11(18)3-2-10(13)8-20-9-19-15-5-4-12(21(24)25)7-14(15)16(20)22/h2-7,9H,8H2,1H3. The van der Waals surface area contributed by atoms with Crippen LogP contribution in [-0.2, 0) is 11.3 Å². The monoisotopic (exact) mass is 357 g/mol. The lowest BCUT2D eigenvalue weighted by Gasteiger charge is -2.10. The number of fused-ring (bicyclic) bond motifs is 1. The Morgan fingerprint density at radius 2 is 2.08 bits per heavy atom. The van der Waals surface area contributed by atoms with Crippen LogP contribution >= 0.6 is 0 Å². The number of halogens is 1. The van der Waals surface area contributed by atoms with E-state index < -0.39 is 22.3 Å². The summed E-state index contributed by atoms with van der Waals surface area (Å²) < 4.78 is 19.3. The second-order valence-electron chi connectivity index (χ2n) is 5.43. The predicted molar refractivity (Wildman–Crippen MR) is 89.5 cm³/mol. The van der Waals surface area contributed by atoms with Gasteiger partial charge in [0.25, 0.3) is 11.2 Å². The molecular weight excluding hydrogens is 345 g/mol. The number of carbonyl (C=O) groups excluding carboxylic acids is 1. The number of rotatable bonds is 4. The minimum absolute atomic E-state index is 0.0152. The second kappa shape index (κ2) is 6.71. The first kappa shape index (κ1) is 17.2. The van der Waals surface area contributed by atoms with Crippen LogP contribution < -0.4 is 5.56 Å². The van der Waals surface area contributed by atoms with Crippen LogP contribution in [0.25, 0.3) is 10.9 Å². The Hall–Kier alpha value is -3.62. The Labute approximate surface area is 145 Å². The van der Waals surface area contributed by atoms with E-state index in [-0.39, 0.29) is 23.2 Å². The van der Waals surface area contributed by atoms with Crippen molar-refractivity contribution in [3.63, 3.8) is 0 Å². The number of hydrogen-bond donors (Lipinski definition) is 0. The van der Waals surface area contributed by atoms with E-state index in [1.54, 1.807) is 0 Å². The number of methoxy groups -OCH3 is 1. The highest BCUT2D eigenvalue weighted by Crippen LogP contribution is 2.17. The Balaban J connectivity index is 2.10. The van der Waals surface area contributed by atoms with Gasteiger partial charge >= 0.3 is 5.97 Å². The zero-order valence-electron chi connectivity index (χ0n) is 13.5. The van der Waals surface area contributed by atoms with Crippen molar-refractivity contribution in [1.82, 2.24) is 9.55 Å². The van der Waals surface area contributed by atoms with Gasteiger partial charge in [0.1, 0.15) is 5.82 Å². The molecule has 8 nitrogen and oxygen atoms in total. The van der Waals surface area contributed by atoms with Gasteiger partial charge in [-0.25, -0.2) is 14.2 Å². The number of nitro benzene ring substituents is 1. The van der Waals surface area contributed by atoms with Gasteiger partial charge in [-0.05, 0) is 23.8 Å². The first-order valence-corrected chi connectivity index (χ1v) is 7.41. The molecule has 0 spiro atoms. The van der Waals surface area contributed by atoms with E-state index in [4.69, 9.17) is 0 Å². The Morgan fingerprint density at radius 1 is 1.31 bits per heavy atom. The summed E-state index contributed by atoms with van der Waals surface area (Å²) in [4.78, 5) is 38.9. The molecule has 2 aromatic carbocycles. The summed E-state index contributed by atoms with van der Waals surface area (Å²) in [6.45, 7) is -0.0742. The first-order valence-electron chi connectivity index (χ1n) is 7.41. The molecule has 0 atom stereocenters. The number of non-ortho nitro benzene ring substituents is 1. The zero-order chi connectivity index (χ0) is 18.8.